The Hall–Kier alpha value is -3.07. The average molecular weight is 372 g/mol. The zero-order chi connectivity index (χ0) is 19.9. The smallest absolute Gasteiger partial charge is 0.321 e. The molecule has 0 unspecified atom stereocenters. The molecule has 0 radical (unpaired) electrons. The van der Waals surface area contributed by atoms with Crippen LogP contribution >= 0.6 is 0 Å². The number of unbranched alkanes of at least 4 members (excludes halogenated alkanes) is 1. The number of amides is 1. The minimum atomic E-state index is -4.57. The second-order valence-corrected chi connectivity index (χ2v) is 6.01. The fraction of sp³-hybridized carbons (Fsp3) is 0.238. The number of hydrogen-bond acceptors (Lipinski definition) is 2. The highest BCUT2D eigenvalue weighted by Crippen LogP contribution is 2.32. The summed E-state index contributed by atoms with van der Waals surface area (Å²) in [5.41, 5.74) is 0.0784. The summed E-state index contributed by atoms with van der Waals surface area (Å²) in [7, 11) is 0. The topological polar surface area (TPSA) is 52.9 Å². The van der Waals surface area contributed by atoms with Gasteiger partial charge in [-0.3, -0.25) is 4.79 Å². The molecule has 0 aliphatic carbocycles. The van der Waals surface area contributed by atoms with Gasteiger partial charge in [0.25, 0.3) is 5.91 Å². The lowest BCUT2D eigenvalue weighted by Crippen LogP contribution is -2.14. The van der Waals surface area contributed by atoms with Gasteiger partial charge >= 0.3 is 6.18 Å². The number of nitriles is 1. The van der Waals surface area contributed by atoms with Gasteiger partial charge in [0.15, 0.2) is 0 Å². The molecule has 140 valence electrons. The predicted octanol–water partition coefficient (Wildman–Crippen LogP) is 5.59. The van der Waals surface area contributed by atoms with E-state index in [1.54, 1.807) is 18.2 Å². The molecule has 0 aliphatic heterocycles. The lowest BCUT2D eigenvalue weighted by Gasteiger charge is -2.10. The van der Waals surface area contributed by atoms with Crippen LogP contribution in [0.15, 0.2) is 54.1 Å². The van der Waals surface area contributed by atoms with E-state index in [-0.39, 0.29) is 5.56 Å². The Balaban J connectivity index is 2.20. The highest BCUT2D eigenvalue weighted by molar-refractivity contribution is 6.09. The second-order valence-electron chi connectivity index (χ2n) is 6.01. The van der Waals surface area contributed by atoms with Crippen molar-refractivity contribution in [2.24, 2.45) is 0 Å². The maximum absolute atomic E-state index is 13.1. The van der Waals surface area contributed by atoms with Gasteiger partial charge in [0, 0.05) is 5.69 Å². The fourth-order valence-electron chi connectivity index (χ4n) is 2.52. The third-order valence-electron chi connectivity index (χ3n) is 3.96. The van der Waals surface area contributed by atoms with Gasteiger partial charge in [0.2, 0.25) is 0 Å². The van der Waals surface area contributed by atoms with Crippen molar-refractivity contribution in [2.75, 3.05) is 5.32 Å². The van der Waals surface area contributed by atoms with Crippen molar-refractivity contribution >= 4 is 17.7 Å². The van der Waals surface area contributed by atoms with Crippen LogP contribution in [-0.4, -0.2) is 5.91 Å². The Morgan fingerprint density at radius 2 is 1.81 bits per heavy atom. The van der Waals surface area contributed by atoms with Gasteiger partial charge in [-0.25, -0.2) is 0 Å². The van der Waals surface area contributed by atoms with E-state index in [2.05, 4.69) is 12.2 Å². The fourth-order valence-corrected chi connectivity index (χ4v) is 2.52. The normalized spacial score (nSPS) is 11.7. The number of rotatable bonds is 6. The summed E-state index contributed by atoms with van der Waals surface area (Å²) in [6.07, 6.45) is -0.547. The SMILES string of the molecule is CCCCc1ccc(NC(=O)/C(C#N)=C/c2ccccc2C(F)(F)F)cc1. The first kappa shape index (κ1) is 20.2. The molecule has 27 heavy (non-hydrogen) atoms. The van der Waals surface area contributed by atoms with Gasteiger partial charge < -0.3 is 5.32 Å². The Morgan fingerprint density at radius 1 is 1.15 bits per heavy atom. The molecule has 0 bridgehead atoms. The Kier molecular flexibility index (Phi) is 6.78. The number of aryl methyl sites for hydroxylation is 1. The molecule has 0 fully saturated rings. The number of alkyl halides is 3. The van der Waals surface area contributed by atoms with E-state index >= 15 is 0 Å². The van der Waals surface area contributed by atoms with E-state index in [9.17, 15) is 23.2 Å². The summed E-state index contributed by atoms with van der Waals surface area (Å²) in [5, 5.41) is 11.8. The van der Waals surface area contributed by atoms with Crippen molar-refractivity contribution in [3.63, 3.8) is 0 Å². The van der Waals surface area contributed by atoms with Gasteiger partial charge in [0.05, 0.1) is 5.56 Å². The molecule has 2 aromatic rings. The van der Waals surface area contributed by atoms with Crippen molar-refractivity contribution in [1.29, 1.82) is 5.26 Å². The first-order valence-corrected chi connectivity index (χ1v) is 8.53. The van der Waals surface area contributed by atoms with Crippen molar-refractivity contribution in [2.45, 2.75) is 32.4 Å². The molecule has 6 heteroatoms. The summed E-state index contributed by atoms with van der Waals surface area (Å²) in [6, 6.07) is 13.6. The maximum atomic E-state index is 13.1. The minimum absolute atomic E-state index is 0.230. The van der Waals surface area contributed by atoms with Crippen LogP contribution in [0.1, 0.15) is 36.5 Å². The van der Waals surface area contributed by atoms with Crippen molar-refractivity contribution < 1.29 is 18.0 Å². The van der Waals surface area contributed by atoms with E-state index in [4.69, 9.17) is 0 Å². The molecule has 0 saturated carbocycles. The first-order chi connectivity index (χ1) is 12.8. The van der Waals surface area contributed by atoms with E-state index in [1.807, 2.05) is 12.1 Å². The zero-order valence-corrected chi connectivity index (χ0v) is 14.8. The van der Waals surface area contributed by atoms with Crippen LogP contribution in [-0.2, 0) is 17.4 Å². The lowest BCUT2D eigenvalue weighted by atomic mass is 10.0. The van der Waals surface area contributed by atoms with Crippen LogP contribution in [0, 0.1) is 11.3 Å². The zero-order valence-electron chi connectivity index (χ0n) is 14.8. The molecule has 0 aromatic heterocycles. The number of carbonyl (C=O) groups excluding carboxylic acids is 1. The highest BCUT2D eigenvalue weighted by Gasteiger charge is 2.32. The van der Waals surface area contributed by atoms with Crippen LogP contribution in [0.2, 0.25) is 0 Å². The molecule has 0 heterocycles. The van der Waals surface area contributed by atoms with E-state index in [1.165, 1.54) is 18.2 Å². The number of anilines is 1. The highest BCUT2D eigenvalue weighted by atomic mass is 19.4. The molecule has 2 rings (SSSR count). The number of hydrogen-bond donors (Lipinski definition) is 1. The minimum Gasteiger partial charge on any atom is -0.321 e. The standard InChI is InChI=1S/C21H19F3N2O/c1-2-3-6-15-9-11-18(12-10-15)26-20(27)17(14-25)13-16-7-4-5-8-19(16)21(22,23)24/h4-5,7-13H,2-3,6H2,1H3,(H,26,27)/b17-13+. The quantitative estimate of drug-likeness (QED) is 0.530. The molecule has 1 amide bonds. The van der Waals surface area contributed by atoms with Crippen molar-refractivity contribution in [3.8, 4) is 6.07 Å². The van der Waals surface area contributed by atoms with Gasteiger partial charge in [-0.05, 0) is 48.2 Å². The number of halogens is 3. The average Bonchev–Trinajstić information content (AvgIpc) is 2.65. The van der Waals surface area contributed by atoms with Gasteiger partial charge in [-0.15, -0.1) is 0 Å². The molecule has 0 atom stereocenters. The van der Waals surface area contributed by atoms with Gasteiger partial charge in [0.1, 0.15) is 11.6 Å². The summed E-state index contributed by atoms with van der Waals surface area (Å²) in [6.45, 7) is 2.10. The molecule has 1 N–H and O–H groups in total. The van der Waals surface area contributed by atoms with Crippen LogP contribution < -0.4 is 5.32 Å². The molecule has 2 aromatic carbocycles. The summed E-state index contributed by atoms with van der Waals surface area (Å²) in [5.74, 6) is -0.754. The molecule has 0 saturated heterocycles. The molecular formula is C21H19F3N2O. The number of nitrogens with zero attached hydrogens (tertiary/aromatic N) is 1. The van der Waals surface area contributed by atoms with E-state index in [0.29, 0.717) is 5.69 Å². The van der Waals surface area contributed by atoms with Crippen molar-refractivity contribution in [3.05, 3.63) is 70.8 Å². The summed E-state index contributed by atoms with van der Waals surface area (Å²) < 4.78 is 39.2. The third-order valence-corrected chi connectivity index (χ3v) is 3.96. The monoisotopic (exact) mass is 372 g/mol. The Labute approximate surface area is 156 Å². The van der Waals surface area contributed by atoms with Crippen LogP contribution in [0.3, 0.4) is 0 Å². The maximum Gasteiger partial charge on any atom is 0.416 e. The number of benzene rings is 2. The first-order valence-electron chi connectivity index (χ1n) is 8.53. The molecule has 0 aliphatic rings. The predicted molar refractivity (Wildman–Crippen MR) is 98.7 cm³/mol. The van der Waals surface area contributed by atoms with Crippen LogP contribution in [0.4, 0.5) is 18.9 Å². The summed E-state index contributed by atoms with van der Waals surface area (Å²) in [4.78, 5) is 12.3. The Bertz CT molecular complexity index is 862. The van der Waals surface area contributed by atoms with Gasteiger partial charge in [-0.2, -0.15) is 18.4 Å². The largest absolute Gasteiger partial charge is 0.416 e. The third kappa shape index (κ3) is 5.71. The molecule has 0 spiro atoms. The van der Waals surface area contributed by atoms with Crippen LogP contribution in [0.5, 0.6) is 0 Å². The van der Waals surface area contributed by atoms with Crippen molar-refractivity contribution in [1.82, 2.24) is 0 Å². The van der Waals surface area contributed by atoms with Gasteiger partial charge in [-0.1, -0.05) is 43.7 Å². The lowest BCUT2D eigenvalue weighted by molar-refractivity contribution is -0.137. The molecule has 3 nitrogen and oxygen atoms in total. The van der Waals surface area contributed by atoms with E-state index < -0.39 is 23.2 Å². The Morgan fingerprint density at radius 3 is 2.41 bits per heavy atom. The number of nitrogens with one attached hydrogen (secondary N) is 1. The second kappa shape index (κ2) is 9.04. The van der Waals surface area contributed by atoms with E-state index in [0.717, 1.165) is 37.0 Å². The summed E-state index contributed by atoms with van der Waals surface area (Å²) >= 11 is 0. The van der Waals surface area contributed by atoms with Crippen LogP contribution in [0.25, 0.3) is 6.08 Å². The molecular weight excluding hydrogens is 353 g/mol. The number of carbonyl (C=O) groups is 1.